The fourth-order valence-electron chi connectivity index (χ4n) is 4.92. The normalized spacial score (nSPS) is 13.6. The van der Waals surface area contributed by atoms with Crippen LogP contribution in [0.4, 0.5) is 5.69 Å². The Morgan fingerprint density at radius 3 is 2.60 bits per heavy atom. The summed E-state index contributed by atoms with van der Waals surface area (Å²) in [6.07, 6.45) is 4.29. The fraction of sp³-hybridized carbons (Fsp3) is 0.586. The maximum Gasteiger partial charge on any atom is 0.305 e. The van der Waals surface area contributed by atoms with E-state index in [-0.39, 0.29) is 59.3 Å². The van der Waals surface area contributed by atoms with Crippen molar-refractivity contribution in [2.75, 3.05) is 45.3 Å². The zero-order valence-corrected chi connectivity index (χ0v) is 26.7. The van der Waals surface area contributed by atoms with Crippen LogP contribution in [-0.2, 0) is 24.4 Å². The van der Waals surface area contributed by atoms with E-state index in [0.717, 1.165) is 0 Å². The van der Waals surface area contributed by atoms with Crippen LogP contribution in [0.3, 0.4) is 0 Å². The number of nitrogens with one attached hydrogen (secondary N) is 3. The van der Waals surface area contributed by atoms with Gasteiger partial charge < -0.3 is 30.0 Å². The topological polar surface area (TPSA) is 207 Å². The quantitative estimate of drug-likeness (QED) is 0.0618. The molecule has 3 N–H and O–H groups in total. The van der Waals surface area contributed by atoms with Crippen molar-refractivity contribution in [1.82, 2.24) is 14.3 Å². The molecule has 0 bridgehead atoms. The van der Waals surface area contributed by atoms with Crippen molar-refractivity contribution in [3.8, 4) is 17.1 Å². The number of benzene rings is 1. The molecule has 1 aliphatic heterocycles. The van der Waals surface area contributed by atoms with Crippen molar-refractivity contribution in [2.24, 2.45) is 5.92 Å². The van der Waals surface area contributed by atoms with Crippen LogP contribution in [-0.4, -0.2) is 79.4 Å². The molecule has 0 radical (unpaired) electrons. The Morgan fingerprint density at radius 1 is 1.18 bits per heavy atom. The summed E-state index contributed by atoms with van der Waals surface area (Å²) in [5.74, 6) is 0.251. The molecular weight excluding hydrogens is 608 g/mol. The highest BCUT2D eigenvalue weighted by molar-refractivity contribution is 7.89. The van der Waals surface area contributed by atoms with Gasteiger partial charge >= 0.3 is 5.97 Å². The summed E-state index contributed by atoms with van der Waals surface area (Å²) in [6.45, 7) is 4.92. The van der Waals surface area contributed by atoms with Crippen LogP contribution in [0.5, 0.6) is 5.75 Å². The lowest BCUT2D eigenvalue weighted by molar-refractivity contribution is -0.757. The number of carbonyl (C=O) groups excluding carboxylic acids is 1. The molecule has 0 atom stereocenters. The molecule has 15 nitrogen and oxygen atoms in total. The van der Waals surface area contributed by atoms with E-state index in [0.29, 0.717) is 76.0 Å². The van der Waals surface area contributed by atoms with Gasteiger partial charge in [0, 0.05) is 26.6 Å². The first-order chi connectivity index (χ1) is 21.5. The van der Waals surface area contributed by atoms with E-state index in [1.807, 2.05) is 6.92 Å². The Hall–Kier alpha value is -4.05. The van der Waals surface area contributed by atoms with Gasteiger partial charge in [0.25, 0.3) is 10.6 Å². The molecule has 45 heavy (non-hydrogen) atoms. The van der Waals surface area contributed by atoms with Crippen molar-refractivity contribution in [3.05, 3.63) is 44.4 Å². The van der Waals surface area contributed by atoms with Gasteiger partial charge in [-0.05, 0) is 63.1 Å². The summed E-state index contributed by atoms with van der Waals surface area (Å²) in [7, 11) is -2.27. The summed E-state index contributed by atoms with van der Waals surface area (Å²) in [6, 6.07) is 4.44. The molecule has 0 spiro atoms. The lowest BCUT2D eigenvalue weighted by Crippen LogP contribution is -2.49. The second-order valence-electron chi connectivity index (χ2n) is 10.6. The number of anilines is 1. The first-order valence-electron chi connectivity index (χ1n) is 15.1. The van der Waals surface area contributed by atoms with E-state index in [2.05, 4.69) is 20.1 Å². The van der Waals surface area contributed by atoms with Gasteiger partial charge in [0.1, 0.15) is 23.0 Å². The summed E-state index contributed by atoms with van der Waals surface area (Å²) in [5, 5.41) is 20.5. The maximum absolute atomic E-state index is 13.5. The number of hydrogen-bond donors (Lipinski definition) is 3. The van der Waals surface area contributed by atoms with Crippen LogP contribution >= 0.6 is 0 Å². The number of unbranched alkanes of at least 4 members (excludes halogenated alkanes) is 2. The molecule has 2 heterocycles. The van der Waals surface area contributed by atoms with Crippen molar-refractivity contribution >= 4 is 27.4 Å². The fourth-order valence-corrected chi connectivity index (χ4v) is 6.54. The largest absolute Gasteiger partial charge is 0.493 e. The number of H-pyrrole nitrogens is 1. The number of esters is 1. The second kappa shape index (κ2) is 16.9. The maximum atomic E-state index is 13.5. The van der Waals surface area contributed by atoms with Crippen LogP contribution in [0.2, 0.25) is 0 Å². The minimum atomic E-state index is -3.85. The predicted molar refractivity (Wildman–Crippen MR) is 167 cm³/mol. The molecule has 1 fully saturated rings. The zero-order valence-electron chi connectivity index (χ0n) is 25.9. The third kappa shape index (κ3) is 9.72. The minimum absolute atomic E-state index is 0.00501. The summed E-state index contributed by atoms with van der Waals surface area (Å²) < 4.78 is 39.4. The Bertz CT molecular complexity index is 1510. The molecule has 16 heteroatoms. The number of ether oxygens (including phenoxy) is 2. The number of carbonyl (C=O) groups is 1. The van der Waals surface area contributed by atoms with Gasteiger partial charge in [-0.15, -0.1) is 10.1 Å². The van der Waals surface area contributed by atoms with E-state index >= 15 is 0 Å². The zero-order chi connectivity index (χ0) is 33.0. The standard InChI is InChI=1S/C29H42N6O9S/c1-4-10-23(30)26-27(31-3)29(37)33-28(32-26)22-17-21(13-14-24(22)42-5-2)45(40,41)34-18-20(19-34)11-9-15-43-25(36)12-7-6-8-16-44-35(38)39/h13-14,17,20,30-31H,4-12,15-16,18-19H2,1-3H3,(H,32,33,37). The molecule has 3 rings (SSSR count). The number of rotatable bonds is 20. The minimum Gasteiger partial charge on any atom is -0.493 e. The third-order valence-corrected chi connectivity index (χ3v) is 9.09. The SMILES string of the molecule is CCCC(=N)c1nc(-c2cc(S(=O)(=O)N3CC(CCCOC(=O)CCCCCO[N+](=O)[O-])C3)ccc2OCC)[nH]c(=O)c1NC. The molecule has 1 aliphatic rings. The van der Waals surface area contributed by atoms with Crippen molar-refractivity contribution in [2.45, 2.75) is 70.1 Å². The van der Waals surface area contributed by atoms with Gasteiger partial charge in [0.15, 0.2) is 0 Å². The average molecular weight is 651 g/mol. The molecule has 2 aromatic rings. The molecule has 1 aromatic carbocycles. The molecule has 0 aliphatic carbocycles. The Labute approximate surface area is 262 Å². The molecular formula is C29H42N6O9S. The highest BCUT2D eigenvalue weighted by Gasteiger charge is 2.36. The van der Waals surface area contributed by atoms with Crippen LogP contribution in [0, 0.1) is 21.4 Å². The lowest BCUT2D eigenvalue weighted by atomic mass is 9.98. The van der Waals surface area contributed by atoms with Crippen LogP contribution < -0.4 is 15.6 Å². The van der Waals surface area contributed by atoms with E-state index in [1.54, 1.807) is 20.0 Å². The first-order valence-corrected chi connectivity index (χ1v) is 16.6. The third-order valence-electron chi connectivity index (χ3n) is 7.26. The van der Waals surface area contributed by atoms with E-state index in [1.165, 1.54) is 16.4 Å². The number of nitrogens with zero attached hydrogens (tertiary/aromatic N) is 3. The van der Waals surface area contributed by atoms with Crippen LogP contribution in [0.1, 0.15) is 70.9 Å². The molecule has 0 saturated carbocycles. The van der Waals surface area contributed by atoms with Crippen molar-refractivity contribution < 1.29 is 32.6 Å². The summed E-state index contributed by atoms with van der Waals surface area (Å²) in [4.78, 5) is 46.4. The van der Waals surface area contributed by atoms with Gasteiger partial charge in [-0.25, -0.2) is 13.4 Å². The van der Waals surface area contributed by atoms with Gasteiger partial charge in [0.05, 0.1) is 36.0 Å². The summed E-state index contributed by atoms with van der Waals surface area (Å²) >= 11 is 0. The average Bonchev–Trinajstić information content (AvgIpc) is 2.97. The smallest absolute Gasteiger partial charge is 0.305 e. The number of aromatic nitrogens is 2. The molecule has 0 amide bonds. The number of aromatic amines is 1. The van der Waals surface area contributed by atoms with Gasteiger partial charge in [-0.3, -0.25) is 9.59 Å². The monoisotopic (exact) mass is 650 g/mol. The van der Waals surface area contributed by atoms with E-state index in [9.17, 15) is 28.1 Å². The first kappa shape index (κ1) is 35.4. The Morgan fingerprint density at radius 2 is 1.93 bits per heavy atom. The lowest BCUT2D eigenvalue weighted by Gasteiger charge is -2.38. The molecule has 1 saturated heterocycles. The summed E-state index contributed by atoms with van der Waals surface area (Å²) in [5.41, 5.74) is 0.372. The van der Waals surface area contributed by atoms with Crippen molar-refractivity contribution in [1.29, 1.82) is 5.41 Å². The highest BCUT2D eigenvalue weighted by atomic mass is 32.2. The van der Waals surface area contributed by atoms with E-state index < -0.39 is 20.7 Å². The van der Waals surface area contributed by atoms with Crippen LogP contribution in [0.15, 0.2) is 27.9 Å². The number of hydrogen-bond acceptors (Lipinski definition) is 12. The van der Waals surface area contributed by atoms with Gasteiger partial charge in [-0.2, -0.15) is 4.31 Å². The second-order valence-corrected chi connectivity index (χ2v) is 12.6. The molecule has 1 aromatic heterocycles. The predicted octanol–water partition coefficient (Wildman–Crippen LogP) is 3.76. The van der Waals surface area contributed by atoms with Gasteiger partial charge in [0.2, 0.25) is 10.0 Å². The Balaban J connectivity index is 1.60. The van der Waals surface area contributed by atoms with E-state index in [4.69, 9.17) is 14.9 Å². The molecule has 248 valence electrons. The molecule has 0 unspecified atom stereocenters. The van der Waals surface area contributed by atoms with Crippen LogP contribution in [0.25, 0.3) is 11.4 Å². The number of sulfonamides is 1. The highest BCUT2D eigenvalue weighted by Crippen LogP contribution is 2.34. The Kier molecular flexibility index (Phi) is 13.3. The van der Waals surface area contributed by atoms with Gasteiger partial charge in [-0.1, -0.05) is 19.8 Å². The van der Waals surface area contributed by atoms with Crippen molar-refractivity contribution in [3.63, 3.8) is 0 Å².